The van der Waals surface area contributed by atoms with Gasteiger partial charge in [0.25, 0.3) is 0 Å². The fraction of sp³-hybridized carbons (Fsp3) is 0.417. The summed E-state index contributed by atoms with van der Waals surface area (Å²) in [6.45, 7) is 6.00. The summed E-state index contributed by atoms with van der Waals surface area (Å²) in [6, 6.07) is 4.15. The second-order valence-electron chi connectivity index (χ2n) is 4.81. The molecule has 1 aromatic carbocycles. The van der Waals surface area contributed by atoms with Crippen LogP contribution in [0.3, 0.4) is 0 Å². The number of fused-ring (bicyclic) bond motifs is 1. The molecule has 0 aliphatic heterocycles. The minimum Gasteiger partial charge on any atom is -0.330 e. The Morgan fingerprint density at radius 2 is 2.00 bits per heavy atom. The van der Waals surface area contributed by atoms with Crippen LogP contribution in [0.5, 0.6) is 0 Å². The van der Waals surface area contributed by atoms with Crippen LogP contribution in [-0.4, -0.2) is 9.55 Å². The Bertz CT molecular complexity index is 549. The summed E-state index contributed by atoms with van der Waals surface area (Å²) in [5.74, 6) is 0.906. The van der Waals surface area contributed by atoms with Crippen molar-refractivity contribution in [3.63, 3.8) is 0 Å². The van der Waals surface area contributed by atoms with Gasteiger partial charge in [0.1, 0.15) is 5.82 Å². The van der Waals surface area contributed by atoms with Crippen molar-refractivity contribution in [2.45, 2.75) is 26.3 Å². The maximum atomic E-state index is 6.11. The number of benzene rings is 1. The molecule has 0 amide bonds. The van der Waals surface area contributed by atoms with E-state index in [2.05, 4.69) is 44.5 Å². The van der Waals surface area contributed by atoms with Crippen molar-refractivity contribution >= 4 is 27.0 Å². The molecule has 0 spiro atoms. The van der Waals surface area contributed by atoms with E-state index in [1.54, 1.807) is 0 Å². The van der Waals surface area contributed by atoms with Crippen LogP contribution in [0.4, 0.5) is 0 Å². The Morgan fingerprint density at radius 1 is 1.38 bits per heavy atom. The van der Waals surface area contributed by atoms with E-state index in [0.29, 0.717) is 0 Å². The second kappa shape index (κ2) is 3.57. The van der Waals surface area contributed by atoms with E-state index >= 15 is 0 Å². The van der Waals surface area contributed by atoms with Gasteiger partial charge in [-0.05, 0) is 38.5 Å². The smallest absolute Gasteiger partial charge is 0.129 e. The first-order chi connectivity index (χ1) is 7.30. The summed E-state index contributed by atoms with van der Waals surface area (Å²) in [6.07, 6.45) is 0. The molecule has 0 aliphatic rings. The largest absolute Gasteiger partial charge is 0.330 e. The molecule has 0 saturated carbocycles. The third-order valence-electron chi connectivity index (χ3n) is 2.72. The van der Waals surface area contributed by atoms with Gasteiger partial charge in [-0.3, -0.25) is 0 Å². The van der Waals surface area contributed by atoms with Crippen LogP contribution < -0.4 is 5.73 Å². The number of nitrogens with two attached hydrogens (primary N) is 1. The Kier molecular flexibility index (Phi) is 2.59. The molecule has 0 atom stereocenters. The maximum Gasteiger partial charge on any atom is 0.129 e. The molecule has 0 bridgehead atoms. The standard InChI is InChI=1S/C12H16BrN3/c1-7-5-8(13)6-9-10(7)15-11(16(9)4)12(2,3)14/h5-6H,14H2,1-4H3. The van der Waals surface area contributed by atoms with Crippen LogP contribution in [0.1, 0.15) is 25.2 Å². The number of aromatic nitrogens is 2. The second-order valence-corrected chi connectivity index (χ2v) is 5.72. The van der Waals surface area contributed by atoms with Gasteiger partial charge in [-0.15, -0.1) is 0 Å². The maximum absolute atomic E-state index is 6.11. The minimum atomic E-state index is -0.424. The molecule has 86 valence electrons. The van der Waals surface area contributed by atoms with Crippen LogP contribution in [0.2, 0.25) is 0 Å². The topological polar surface area (TPSA) is 43.8 Å². The zero-order valence-corrected chi connectivity index (χ0v) is 11.6. The fourth-order valence-corrected chi connectivity index (χ4v) is 2.55. The normalized spacial score (nSPS) is 12.4. The lowest BCUT2D eigenvalue weighted by Crippen LogP contribution is -2.32. The van der Waals surface area contributed by atoms with Gasteiger partial charge >= 0.3 is 0 Å². The van der Waals surface area contributed by atoms with Crippen LogP contribution in [0.15, 0.2) is 16.6 Å². The first-order valence-electron chi connectivity index (χ1n) is 5.22. The van der Waals surface area contributed by atoms with E-state index in [1.165, 1.54) is 0 Å². The fourth-order valence-electron chi connectivity index (χ4n) is 1.99. The van der Waals surface area contributed by atoms with E-state index in [0.717, 1.165) is 26.9 Å². The van der Waals surface area contributed by atoms with E-state index < -0.39 is 5.54 Å². The van der Waals surface area contributed by atoms with Crippen molar-refractivity contribution in [3.05, 3.63) is 28.0 Å². The van der Waals surface area contributed by atoms with Crippen molar-refractivity contribution in [1.29, 1.82) is 0 Å². The van der Waals surface area contributed by atoms with Crippen molar-refractivity contribution < 1.29 is 0 Å². The summed E-state index contributed by atoms with van der Waals surface area (Å²) in [5.41, 5.74) is 8.99. The number of hydrogen-bond acceptors (Lipinski definition) is 2. The number of nitrogens with zero attached hydrogens (tertiary/aromatic N) is 2. The number of halogens is 1. The molecule has 16 heavy (non-hydrogen) atoms. The SMILES string of the molecule is Cc1cc(Br)cc2c1nc(C(C)(C)N)n2C. The van der Waals surface area contributed by atoms with Gasteiger partial charge in [0, 0.05) is 11.5 Å². The molecule has 0 unspecified atom stereocenters. The van der Waals surface area contributed by atoms with Gasteiger partial charge in [0.05, 0.1) is 16.6 Å². The average molecular weight is 282 g/mol. The quantitative estimate of drug-likeness (QED) is 0.874. The van der Waals surface area contributed by atoms with Gasteiger partial charge in [0.2, 0.25) is 0 Å². The number of imidazole rings is 1. The highest BCUT2D eigenvalue weighted by atomic mass is 79.9. The Labute approximate surface area is 104 Å². The van der Waals surface area contributed by atoms with E-state index in [1.807, 2.05) is 20.9 Å². The highest BCUT2D eigenvalue weighted by molar-refractivity contribution is 9.10. The molecule has 1 aromatic heterocycles. The van der Waals surface area contributed by atoms with Gasteiger partial charge in [-0.1, -0.05) is 15.9 Å². The first kappa shape index (κ1) is 11.6. The summed E-state index contributed by atoms with van der Waals surface area (Å²) in [5, 5.41) is 0. The Morgan fingerprint density at radius 3 is 2.56 bits per heavy atom. The van der Waals surface area contributed by atoms with Crippen LogP contribution in [0.25, 0.3) is 11.0 Å². The third-order valence-corrected chi connectivity index (χ3v) is 3.18. The molecule has 2 aromatic rings. The van der Waals surface area contributed by atoms with E-state index in [4.69, 9.17) is 5.73 Å². The molecule has 0 radical (unpaired) electrons. The van der Waals surface area contributed by atoms with E-state index in [9.17, 15) is 0 Å². The molecule has 4 heteroatoms. The molecule has 3 nitrogen and oxygen atoms in total. The molecule has 0 aliphatic carbocycles. The van der Waals surface area contributed by atoms with Gasteiger partial charge in [-0.2, -0.15) is 0 Å². The van der Waals surface area contributed by atoms with Crippen molar-refractivity contribution in [1.82, 2.24) is 9.55 Å². The summed E-state index contributed by atoms with van der Waals surface area (Å²) in [4.78, 5) is 4.64. The zero-order valence-electron chi connectivity index (χ0n) is 10.0. The highest BCUT2D eigenvalue weighted by Crippen LogP contribution is 2.27. The lowest BCUT2D eigenvalue weighted by molar-refractivity contribution is 0.498. The molecule has 2 rings (SSSR count). The Balaban J connectivity index is 2.83. The van der Waals surface area contributed by atoms with Crippen molar-refractivity contribution in [3.8, 4) is 0 Å². The monoisotopic (exact) mass is 281 g/mol. The summed E-state index contributed by atoms with van der Waals surface area (Å²) < 4.78 is 3.13. The molecule has 0 fully saturated rings. The van der Waals surface area contributed by atoms with Crippen molar-refractivity contribution in [2.75, 3.05) is 0 Å². The van der Waals surface area contributed by atoms with Crippen LogP contribution >= 0.6 is 15.9 Å². The molecular formula is C12H16BrN3. The summed E-state index contributed by atoms with van der Waals surface area (Å²) >= 11 is 3.50. The predicted molar refractivity (Wildman–Crippen MR) is 70.4 cm³/mol. The Hall–Kier alpha value is -0.870. The first-order valence-corrected chi connectivity index (χ1v) is 6.02. The minimum absolute atomic E-state index is 0.424. The molecule has 0 saturated heterocycles. The van der Waals surface area contributed by atoms with E-state index in [-0.39, 0.29) is 0 Å². The number of hydrogen-bond donors (Lipinski definition) is 1. The zero-order chi connectivity index (χ0) is 12.1. The molecular weight excluding hydrogens is 266 g/mol. The summed E-state index contributed by atoms with van der Waals surface area (Å²) in [7, 11) is 2.01. The average Bonchev–Trinajstić information content (AvgIpc) is 2.43. The van der Waals surface area contributed by atoms with Crippen molar-refractivity contribution in [2.24, 2.45) is 12.8 Å². The van der Waals surface area contributed by atoms with Gasteiger partial charge in [0.15, 0.2) is 0 Å². The molecule has 2 N–H and O–H groups in total. The van der Waals surface area contributed by atoms with Gasteiger partial charge in [-0.25, -0.2) is 4.98 Å². The van der Waals surface area contributed by atoms with Crippen LogP contribution in [-0.2, 0) is 12.6 Å². The van der Waals surface area contributed by atoms with Crippen LogP contribution in [0, 0.1) is 6.92 Å². The highest BCUT2D eigenvalue weighted by Gasteiger charge is 2.22. The number of rotatable bonds is 1. The lowest BCUT2D eigenvalue weighted by Gasteiger charge is -2.17. The predicted octanol–water partition coefficient (Wildman–Crippen LogP) is 2.84. The third kappa shape index (κ3) is 1.76. The lowest BCUT2D eigenvalue weighted by atomic mass is 10.1. The number of aryl methyl sites for hydroxylation is 2. The molecule has 1 heterocycles. The van der Waals surface area contributed by atoms with Gasteiger partial charge < -0.3 is 10.3 Å².